The van der Waals surface area contributed by atoms with Gasteiger partial charge in [0.2, 0.25) is 0 Å². The molecule has 11 heavy (non-hydrogen) atoms. The molecule has 0 fully saturated rings. The van der Waals surface area contributed by atoms with Crippen molar-refractivity contribution in [2.24, 2.45) is 0 Å². The number of carbonyl (C=O) groups excluding carboxylic acids is 2. The summed E-state index contributed by atoms with van der Waals surface area (Å²) < 4.78 is 8.20. The molecule has 66 valence electrons. The molecule has 0 radical (unpaired) electrons. The third kappa shape index (κ3) is 26.0. The lowest BCUT2D eigenvalue weighted by molar-refractivity contribution is 0.180. The quantitative estimate of drug-likeness (QED) is 0.668. The minimum atomic E-state index is -0.738. The number of halogens is 2. The number of rotatable bonds is 1. The van der Waals surface area contributed by atoms with E-state index >= 15 is 0 Å². The average molecular weight is 247 g/mol. The minimum Gasteiger partial charge on any atom is -0.461 e. The first kappa shape index (κ1) is 13.3. The maximum atomic E-state index is 9.59. The van der Waals surface area contributed by atoms with Crippen LogP contribution in [0.2, 0.25) is 0 Å². The summed E-state index contributed by atoms with van der Waals surface area (Å²) in [7, 11) is 1.30. The highest BCUT2D eigenvalue weighted by molar-refractivity contribution is 9.18. The smallest absolute Gasteiger partial charge is 0.403 e. The molecule has 0 rings (SSSR count). The standard InChI is InChI=1S/C3H5ClO2.C2H3BrO2/c1-2-6-3(4)5;1-5-2(3)4/h2H2,1H3;1H3. The van der Waals surface area contributed by atoms with E-state index in [0.717, 1.165) is 0 Å². The third-order valence-electron chi connectivity index (χ3n) is 0.418. The van der Waals surface area contributed by atoms with E-state index < -0.39 is 10.3 Å². The van der Waals surface area contributed by atoms with Crippen molar-refractivity contribution in [3.63, 3.8) is 0 Å². The summed E-state index contributed by atoms with van der Waals surface area (Å²) in [5, 5.41) is 0. The summed E-state index contributed by atoms with van der Waals surface area (Å²) in [5.74, 6) is 0. The Kier molecular flexibility index (Phi) is 11.7. The second-order valence-electron chi connectivity index (χ2n) is 1.11. The Labute approximate surface area is 77.9 Å². The van der Waals surface area contributed by atoms with Crippen LogP contribution in [0.1, 0.15) is 6.92 Å². The van der Waals surface area contributed by atoms with Crippen LogP contribution in [-0.4, -0.2) is 24.0 Å². The van der Waals surface area contributed by atoms with Gasteiger partial charge in [0.05, 0.1) is 13.7 Å². The number of methoxy groups -OCH3 is 1. The molecule has 0 unspecified atom stereocenters. The van der Waals surface area contributed by atoms with Crippen molar-refractivity contribution < 1.29 is 19.1 Å². The molecule has 0 aliphatic rings. The van der Waals surface area contributed by atoms with E-state index in [-0.39, 0.29) is 0 Å². The van der Waals surface area contributed by atoms with Crippen LogP contribution in [0.4, 0.5) is 9.59 Å². The van der Waals surface area contributed by atoms with Crippen LogP contribution >= 0.6 is 27.5 Å². The van der Waals surface area contributed by atoms with Crippen molar-refractivity contribution >= 4 is 37.8 Å². The molecule has 0 aromatic heterocycles. The number of ether oxygens (including phenoxy) is 2. The van der Waals surface area contributed by atoms with Gasteiger partial charge in [0.15, 0.2) is 0 Å². The van der Waals surface area contributed by atoms with E-state index in [1.54, 1.807) is 6.92 Å². The van der Waals surface area contributed by atoms with Gasteiger partial charge >= 0.3 is 10.3 Å². The van der Waals surface area contributed by atoms with E-state index in [4.69, 9.17) is 11.6 Å². The third-order valence-corrected chi connectivity index (χ3v) is 0.851. The highest BCUT2D eigenvalue weighted by Crippen LogP contribution is 1.83. The Morgan fingerprint density at radius 3 is 1.91 bits per heavy atom. The molecule has 0 aliphatic heterocycles. The van der Waals surface area contributed by atoms with Crippen molar-refractivity contribution in [2.45, 2.75) is 6.92 Å². The lowest BCUT2D eigenvalue weighted by atomic mass is 10.9. The molecule has 0 amide bonds. The van der Waals surface area contributed by atoms with E-state index in [1.807, 2.05) is 0 Å². The number of hydrogen-bond donors (Lipinski definition) is 0. The molecule has 0 bridgehead atoms. The van der Waals surface area contributed by atoms with Gasteiger partial charge in [-0.15, -0.1) is 0 Å². The SMILES string of the molecule is CCOC(=O)Cl.COC(=O)Br. The maximum Gasteiger partial charge on any atom is 0.403 e. The fourth-order valence-corrected chi connectivity index (χ4v) is 0.223. The van der Waals surface area contributed by atoms with Crippen LogP contribution in [-0.2, 0) is 9.47 Å². The van der Waals surface area contributed by atoms with E-state index in [1.165, 1.54) is 7.11 Å². The molecule has 0 heterocycles. The van der Waals surface area contributed by atoms with E-state index in [9.17, 15) is 9.59 Å². The molecule has 0 aliphatic carbocycles. The first-order valence-electron chi connectivity index (χ1n) is 2.60. The number of hydrogen-bond acceptors (Lipinski definition) is 4. The van der Waals surface area contributed by atoms with Gasteiger partial charge in [-0.3, -0.25) is 0 Å². The highest BCUT2D eigenvalue weighted by Gasteiger charge is 1.86. The van der Waals surface area contributed by atoms with Crippen molar-refractivity contribution in [3.05, 3.63) is 0 Å². The fraction of sp³-hybridized carbons (Fsp3) is 0.600. The van der Waals surface area contributed by atoms with Gasteiger partial charge in [0, 0.05) is 27.5 Å². The fourth-order valence-electron chi connectivity index (χ4n) is 0.113. The van der Waals surface area contributed by atoms with Crippen molar-refractivity contribution in [2.75, 3.05) is 13.7 Å². The van der Waals surface area contributed by atoms with Crippen molar-refractivity contribution in [3.8, 4) is 0 Å². The van der Waals surface area contributed by atoms with Crippen LogP contribution in [0.5, 0.6) is 0 Å². The van der Waals surface area contributed by atoms with Gasteiger partial charge in [-0.05, 0) is 6.92 Å². The summed E-state index contributed by atoms with van der Waals surface area (Å²) in [5.41, 5.74) is -0.738. The Hall–Kier alpha value is -0.290. The van der Waals surface area contributed by atoms with Gasteiger partial charge < -0.3 is 9.47 Å². The molecule has 0 saturated carbocycles. The van der Waals surface area contributed by atoms with Crippen LogP contribution in [0, 0.1) is 0 Å². The second kappa shape index (κ2) is 9.71. The Morgan fingerprint density at radius 1 is 1.55 bits per heavy atom. The molecule has 0 atom stereocenters. The van der Waals surface area contributed by atoms with Crippen LogP contribution in [0.3, 0.4) is 0 Å². The largest absolute Gasteiger partial charge is 0.461 e. The normalized spacial score (nSPS) is 7.27. The molecule has 6 heteroatoms. The Balaban J connectivity index is 0. The Morgan fingerprint density at radius 2 is 1.91 bits per heavy atom. The van der Waals surface area contributed by atoms with Crippen molar-refractivity contribution in [1.29, 1.82) is 0 Å². The summed E-state index contributed by atoms with van der Waals surface area (Å²) in [6, 6.07) is 0. The maximum absolute atomic E-state index is 9.59. The predicted molar refractivity (Wildman–Crippen MR) is 44.2 cm³/mol. The minimum absolute atomic E-state index is 0.350. The van der Waals surface area contributed by atoms with Gasteiger partial charge in [-0.1, -0.05) is 0 Å². The zero-order valence-corrected chi connectivity index (χ0v) is 8.44. The van der Waals surface area contributed by atoms with Crippen LogP contribution in [0.25, 0.3) is 0 Å². The predicted octanol–water partition coefficient (Wildman–Crippen LogP) is 2.53. The summed E-state index contributed by atoms with van der Waals surface area (Å²) >= 11 is 7.23. The van der Waals surface area contributed by atoms with Crippen LogP contribution in [0.15, 0.2) is 0 Å². The first-order valence-corrected chi connectivity index (χ1v) is 3.77. The lowest BCUT2D eigenvalue weighted by Gasteiger charge is -1.86. The van der Waals surface area contributed by atoms with E-state index in [2.05, 4.69) is 25.4 Å². The molecule has 0 N–H and O–H groups in total. The molecule has 0 aromatic rings. The van der Waals surface area contributed by atoms with Gasteiger partial charge in [-0.2, -0.15) is 0 Å². The molecule has 4 nitrogen and oxygen atoms in total. The first-order chi connectivity index (χ1) is 5.04. The highest BCUT2D eigenvalue weighted by atomic mass is 79.9. The summed E-state index contributed by atoms with van der Waals surface area (Å²) in [4.78, 5) is 18.7. The van der Waals surface area contributed by atoms with E-state index in [0.29, 0.717) is 6.61 Å². The summed E-state index contributed by atoms with van der Waals surface area (Å²) in [6.45, 7) is 2.04. The number of carbonyl (C=O) groups is 2. The van der Waals surface area contributed by atoms with Gasteiger partial charge in [0.25, 0.3) is 0 Å². The monoisotopic (exact) mass is 246 g/mol. The zero-order chi connectivity index (χ0) is 9.28. The average Bonchev–Trinajstić information content (AvgIpc) is 1.89. The Bertz CT molecular complexity index is 128. The second-order valence-corrected chi connectivity index (χ2v) is 2.07. The topological polar surface area (TPSA) is 52.6 Å². The molecule has 0 spiro atoms. The molecule has 0 aromatic carbocycles. The lowest BCUT2D eigenvalue weighted by Crippen LogP contribution is -1.89. The zero-order valence-electron chi connectivity index (χ0n) is 6.10. The molecule has 0 saturated heterocycles. The molecular weight excluding hydrogens is 239 g/mol. The van der Waals surface area contributed by atoms with Crippen molar-refractivity contribution in [1.82, 2.24) is 0 Å². The van der Waals surface area contributed by atoms with Gasteiger partial charge in [0.1, 0.15) is 0 Å². The molecular formula is C5H8BrClO4. The summed E-state index contributed by atoms with van der Waals surface area (Å²) in [6.07, 6.45) is 0. The van der Waals surface area contributed by atoms with Gasteiger partial charge in [-0.25, -0.2) is 9.59 Å². The van der Waals surface area contributed by atoms with Crippen LogP contribution < -0.4 is 0 Å².